The van der Waals surface area contributed by atoms with Crippen LogP contribution in [0.3, 0.4) is 0 Å². The number of hydrogen-bond acceptors (Lipinski definition) is 13. The van der Waals surface area contributed by atoms with Crippen molar-refractivity contribution >= 4 is 62.4 Å². The molecule has 0 radical (unpaired) electrons. The normalized spacial score (nSPS) is 13.5. The largest absolute Gasteiger partial charge is 0.478 e. The molecule has 0 saturated carbocycles. The monoisotopic (exact) mass is 1070 g/mol. The number of aliphatic imine (C=N–C) groups is 1. The van der Waals surface area contributed by atoms with Gasteiger partial charge < -0.3 is 30.9 Å². The van der Waals surface area contributed by atoms with Gasteiger partial charge in [0.05, 0.1) is 29.6 Å². The van der Waals surface area contributed by atoms with E-state index in [4.69, 9.17) is 4.99 Å². The average Bonchev–Trinajstić information content (AvgIpc) is 4.18. The van der Waals surface area contributed by atoms with E-state index in [1.54, 1.807) is 38.0 Å². The van der Waals surface area contributed by atoms with E-state index < -0.39 is 47.1 Å². The molecule has 72 heavy (non-hydrogen) atoms. The van der Waals surface area contributed by atoms with Gasteiger partial charge in [-0.15, -0.1) is 21.5 Å². The minimum atomic E-state index is -1.14. The first-order valence-corrected chi connectivity index (χ1v) is 25.2. The van der Waals surface area contributed by atoms with Crippen LogP contribution in [0, 0.1) is 31.3 Å². The number of rotatable bonds is 26. The van der Waals surface area contributed by atoms with Crippen molar-refractivity contribution in [1.29, 1.82) is 0 Å². The van der Waals surface area contributed by atoms with Crippen molar-refractivity contribution in [2.75, 3.05) is 11.9 Å². The van der Waals surface area contributed by atoms with Crippen LogP contribution in [-0.4, -0.2) is 80.6 Å². The second kappa shape index (κ2) is 25.0. The van der Waals surface area contributed by atoms with Gasteiger partial charge in [0.15, 0.2) is 22.5 Å². The highest BCUT2D eigenvalue weighted by Gasteiger charge is 2.33. The number of amides is 2. The first-order chi connectivity index (χ1) is 34.7. The van der Waals surface area contributed by atoms with Gasteiger partial charge in [-0.25, -0.2) is 22.9 Å². The number of amidine groups is 1. The summed E-state index contributed by atoms with van der Waals surface area (Å²) in [6, 6.07) is 6.18. The fourth-order valence-electron chi connectivity index (χ4n) is 8.48. The highest BCUT2D eigenvalue weighted by molar-refractivity contribution is 9.10. The number of benzene rings is 2. The van der Waals surface area contributed by atoms with Gasteiger partial charge in [0, 0.05) is 78.6 Å². The summed E-state index contributed by atoms with van der Waals surface area (Å²) in [6.07, 6.45) is 16.2. The lowest BCUT2D eigenvalue weighted by atomic mass is 9.95. The third kappa shape index (κ3) is 13.6. The molecule has 0 saturated heterocycles. The van der Waals surface area contributed by atoms with Crippen molar-refractivity contribution in [2.24, 2.45) is 12.0 Å². The Morgan fingerprint density at radius 3 is 2.06 bits per heavy atom. The molecular weight excluding hydrogens is 1020 g/mol. The smallest absolute Gasteiger partial charge is 0.335 e. The summed E-state index contributed by atoms with van der Waals surface area (Å²) >= 11 is 4.76. The molecule has 1 unspecified atom stereocenters. The number of carbonyl (C=O) groups is 4. The molecular formula is C49H55BrF3N13O5S. The van der Waals surface area contributed by atoms with Crippen molar-refractivity contribution in [1.82, 2.24) is 55.5 Å². The number of carboxylic acids is 1. The Kier molecular flexibility index (Phi) is 18.4. The first kappa shape index (κ1) is 53.0. The standard InChI is InChI=1S/C49H55BrF3N13O5S/c1-29-40(30(2)64(3)43(29)46(68)57-32-15-17-37(52)38(53)23-32)44(67)47(69)56-25-34-28-66(63-61-34)20-13-11-9-7-5-4-6-8-10-12-19-65-27-33(60-62-65)24-54-26-39-41(49(70)71)42(35-16-14-31(51)22-36(35)50)59-45(58-39)48-55-18-21-72-48/h14-18,21-23,27-28,42,54H,4-13,19-20,24-26H2,1-3H3,(H,56,69)(H,57,68)(H,58,59)(H,70,71). The van der Waals surface area contributed by atoms with Crippen LogP contribution in [0.5, 0.6) is 0 Å². The molecule has 1 aliphatic heterocycles. The maximum atomic E-state index is 13.9. The SMILES string of the molecule is Cc1c(C(=O)C(=O)NCc2cn(CCCCCCCCCCCCn3cc(CNCC4=C(C(=O)O)C(c5ccc(F)cc5Br)N=C(c5nccs5)N4)nn3)nn2)c(C)n(C)c1C(=O)Nc1ccc(F)c(F)c1. The molecule has 1 aliphatic rings. The van der Waals surface area contributed by atoms with Crippen LogP contribution in [0.1, 0.15) is 124 Å². The van der Waals surface area contributed by atoms with Crippen LogP contribution < -0.4 is 21.3 Å². The zero-order chi connectivity index (χ0) is 51.3. The minimum absolute atomic E-state index is 0.00924. The highest BCUT2D eigenvalue weighted by atomic mass is 79.9. The van der Waals surface area contributed by atoms with Gasteiger partial charge in [-0.2, -0.15) is 0 Å². The molecule has 0 spiro atoms. The van der Waals surface area contributed by atoms with Gasteiger partial charge in [0.2, 0.25) is 0 Å². The number of nitrogens with zero attached hydrogens (tertiary/aromatic N) is 9. The molecule has 23 heteroatoms. The number of Topliss-reactive ketones (excluding diaryl/α,β-unsaturated/α-hetero) is 1. The number of aromatic nitrogens is 8. The molecule has 2 aromatic carbocycles. The Bertz CT molecular complexity index is 2970. The summed E-state index contributed by atoms with van der Waals surface area (Å²) in [5.41, 5.74) is 3.09. The second-order valence-electron chi connectivity index (χ2n) is 17.4. The summed E-state index contributed by atoms with van der Waals surface area (Å²) in [4.78, 5) is 60.9. The predicted molar refractivity (Wildman–Crippen MR) is 267 cm³/mol. The zero-order valence-corrected chi connectivity index (χ0v) is 42.4. The van der Waals surface area contributed by atoms with E-state index in [1.165, 1.54) is 53.0 Å². The van der Waals surface area contributed by atoms with Crippen molar-refractivity contribution in [2.45, 2.75) is 110 Å². The lowest BCUT2D eigenvalue weighted by molar-refractivity contribution is -0.133. The summed E-state index contributed by atoms with van der Waals surface area (Å²) in [7, 11) is 1.57. The molecule has 18 nitrogen and oxygen atoms in total. The maximum absolute atomic E-state index is 13.9. The Morgan fingerprint density at radius 2 is 1.46 bits per heavy atom. The number of thiazole rings is 1. The van der Waals surface area contributed by atoms with Crippen molar-refractivity contribution in [3.8, 4) is 0 Å². The van der Waals surface area contributed by atoms with E-state index in [0.29, 0.717) is 51.1 Å². The van der Waals surface area contributed by atoms with Crippen molar-refractivity contribution in [3.63, 3.8) is 0 Å². The molecule has 6 aromatic rings. The fourth-order valence-corrected chi connectivity index (χ4v) is 9.64. The van der Waals surface area contributed by atoms with Crippen LogP contribution in [0.25, 0.3) is 0 Å². The maximum Gasteiger partial charge on any atom is 0.335 e. The molecule has 0 bridgehead atoms. The highest BCUT2D eigenvalue weighted by Crippen LogP contribution is 2.36. The molecule has 0 aliphatic carbocycles. The lowest BCUT2D eigenvalue weighted by Crippen LogP contribution is -2.37. The molecule has 2 amide bonds. The van der Waals surface area contributed by atoms with Crippen LogP contribution in [0.2, 0.25) is 0 Å². The molecule has 0 fully saturated rings. The van der Waals surface area contributed by atoms with Gasteiger partial charge >= 0.3 is 5.97 Å². The second-order valence-corrected chi connectivity index (χ2v) is 19.1. The fraction of sp³-hybridized carbons (Fsp3) is 0.388. The number of ketones is 1. The minimum Gasteiger partial charge on any atom is -0.478 e. The number of halogens is 4. The van der Waals surface area contributed by atoms with Gasteiger partial charge in [0.25, 0.3) is 17.6 Å². The molecule has 7 rings (SSSR count). The van der Waals surface area contributed by atoms with Crippen LogP contribution >= 0.6 is 27.3 Å². The van der Waals surface area contributed by atoms with Crippen LogP contribution in [-0.2, 0) is 42.8 Å². The van der Waals surface area contributed by atoms with Crippen LogP contribution in [0.15, 0.2) is 81.1 Å². The molecule has 4 aromatic heterocycles. The Balaban J connectivity index is 0.739. The Morgan fingerprint density at radius 1 is 0.819 bits per heavy atom. The lowest BCUT2D eigenvalue weighted by Gasteiger charge is -2.26. The summed E-state index contributed by atoms with van der Waals surface area (Å²) in [5.74, 6) is -5.66. The number of nitrogens with one attached hydrogen (secondary N) is 4. The number of aryl methyl sites for hydroxylation is 2. The molecule has 1 atom stereocenters. The Labute approximate surface area is 425 Å². The van der Waals surface area contributed by atoms with E-state index in [2.05, 4.69) is 62.8 Å². The summed E-state index contributed by atoms with van der Waals surface area (Å²) in [5, 5.41) is 41.1. The van der Waals surface area contributed by atoms with Crippen molar-refractivity contribution in [3.05, 3.63) is 138 Å². The average molecular weight is 1080 g/mol. The van der Waals surface area contributed by atoms with E-state index >= 15 is 0 Å². The summed E-state index contributed by atoms with van der Waals surface area (Å²) < 4.78 is 46.4. The van der Waals surface area contributed by atoms with Crippen LogP contribution in [0.4, 0.5) is 18.9 Å². The van der Waals surface area contributed by atoms with E-state index in [1.807, 2.05) is 16.3 Å². The molecule has 5 heterocycles. The number of hydrogen-bond donors (Lipinski definition) is 5. The van der Waals surface area contributed by atoms with Gasteiger partial charge in [0.1, 0.15) is 23.2 Å². The van der Waals surface area contributed by atoms with Gasteiger partial charge in [-0.3, -0.25) is 28.7 Å². The third-order valence-corrected chi connectivity index (χ3v) is 13.7. The number of carboxylic acid groups (broad SMARTS) is 1. The molecule has 5 N–H and O–H groups in total. The molecule has 380 valence electrons. The predicted octanol–water partition coefficient (Wildman–Crippen LogP) is 8.03. The third-order valence-electron chi connectivity index (χ3n) is 12.2. The topological polar surface area (TPSA) is 228 Å². The van der Waals surface area contributed by atoms with E-state index in [0.717, 1.165) is 75.7 Å². The van der Waals surface area contributed by atoms with E-state index in [9.17, 15) is 37.5 Å². The number of carbonyl (C=O) groups excluding carboxylic acids is 3. The zero-order valence-electron chi connectivity index (χ0n) is 40.0. The van der Waals surface area contributed by atoms with E-state index in [-0.39, 0.29) is 41.2 Å². The van der Waals surface area contributed by atoms with Crippen molar-refractivity contribution < 1.29 is 37.5 Å². The van der Waals surface area contributed by atoms with Gasteiger partial charge in [-0.05, 0) is 62.1 Å². The number of unbranched alkanes of at least 4 members (excludes halogenated alkanes) is 9. The Hall–Kier alpha value is -6.85. The quantitative estimate of drug-likeness (QED) is 0.0198. The summed E-state index contributed by atoms with van der Waals surface area (Å²) in [6.45, 7) is 5.11. The van der Waals surface area contributed by atoms with Gasteiger partial charge in [-0.1, -0.05) is 83.8 Å². The number of aliphatic carboxylic acids is 1. The number of anilines is 1. The first-order valence-electron chi connectivity index (χ1n) is 23.6.